The number of hydrogen-bond donors (Lipinski definition) is 2. The number of rotatable bonds is 8. The van der Waals surface area contributed by atoms with Crippen LogP contribution in [0, 0.1) is 39.6 Å². The van der Waals surface area contributed by atoms with Crippen molar-refractivity contribution in [3.63, 3.8) is 0 Å². The Morgan fingerprint density at radius 3 is 2.13 bits per heavy atom. The number of phenolic OH excluding ortho intramolecular Hbond substituents is 1. The molecule has 6 atom stereocenters. The summed E-state index contributed by atoms with van der Waals surface area (Å²) >= 11 is 6.37. The number of carbonyl (C=O) groups is 4. The number of nitrogens with zero attached hydrogens (tertiary/aromatic N) is 3. The van der Waals surface area contributed by atoms with Crippen molar-refractivity contribution in [2.75, 3.05) is 24.5 Å². The molecule has 2 heterocycles. The highest BCUT2D eigenvalue weighted by Crippen LogP contribution is 2.66. The number of non-ortho nitro benzene ring substituents is 1. The van der Waals surface area contributed by atoms with Gasteiger partial charge < -0.3 is 14.6 Å². The highest BCUT2D eigenvalue weighted by Gasteiger charge is 2.71. The van der Waals surface area contributed by atoms with E-state index in [9.17, 15) is 34.0 Å². The molecule has 3 fully saturated rings. The number of imide groups is 2. The van der Waals surface area contributed by atoms with Crippen LogP contribution < -0.4 is 19.8 Å². The molecule has 0 aromatic heterocycles. The van der Waals surface area contributed by atoms with E-state index in [1.54, 1.807) is 24.3 Å². The minimum atomic E-state index is -1.73. The number of hydrazine groups is 1. The molecular weight excluding hydrogens is 735 g/mol. The van der Waals surface area contributed by atoms with Crippen molar-refractivity contribution in [2.24, 2.45) is 23.7 Å². The molecule has 8 rings (SSSR count). The van der Waals surface area contributed by atoms with Crippen LogP contribution in [0.1, 0.15) is 29.9 Å². The monoisotopic (exact) mass is 766 g/mol. The Morgan fingerprint density at radius 2 is 1.53 bits per heavy atom. The van der Waals surface area contributed by atoms with Crippen LogP contribution in [0.2, 0.25) is 5.02 Å². The van der Waals surface area contributed by atoms with Gasteiger partial charge in [0.15, 0.2) is 0 Å². The first-order valence-corrected chi connectivity index (χ1v) is 17.7. The number of nitrogens with one attached hydrogen (secondary N) is 1. The molecule has 0 bridgehead atoms. The number of anilines is 2. The number of halogens is 2. The Morgan fingerprint density at radius 1 is 0.891 bits per heavy atom. The smallest absolute Gasteiger partial charge is 0.269 e. The quantitative estimate of drug-likeness (QED) is 0.0899. The molecule has 280 valence electrons. The van der Waals surface area contributed by atoms with Crippen LogP contribution in [0.5, 0.6) is 17.2 Å². The van der Waals surface area contributed by atoms with Gasteiger partial charge in [0.2, 0.25) is 11.8 Å². The van der Waals surface area contributed by atoms with Gasteiger partial charge in [0, 0.05) is 40.8 Å². The third-order valence-corrected chi connectivity index (χ3v) is 11.6. The number of benzene rings is 4. The summed E-state index contributed by atoms with van der Waals surface area (Å²) in [5.41, 5.74) is 2.72. The number of carbonyl (C=O) groups excluding carboxylic acids is 4. The van der Waals surface area contributed by atoms with Crippen LogP contribution in [-0.4, -0.2) is 52.9 Å². The van der Waals surface area contributed by atoms with E-state index in [4.69, 9.17) is 21.1 Å². The van der Waals surface area contributed by atoms with Gasteiger partial charge in [0.1, 0.15) is 23.1 Å². The Kier molecular flexibility index (Phi) is 8.60. The first-order valence-electron chi connectivity index (χ1n) is 17.3. The van der Waals surface area contributed by atoms with Crippen molar-refractivity contribution in [3.8, 4) is 17.2 Å². The summed E-state index contributed by atoms with van der Waals surface area (Å²) in [6.45, 7) is 0. The lowest BCUT2D eigenvalue weighted by Crippen LogP contribution is -2.53. The van der Waals surface area contributed by atoms with Crippen molar-refractivity contribution in [1.29, 1.82) is 0 Å². The van der Waals surface area contributed by atoms with Crippen molar-refractivity contribution in [2.45, 2.75) is 24.2 Å². The number of allylic oxidation sites excluding steroid dienone is 2. The van der Waals surface area contributed by atoms with Gasteiger partial charge in [-0.15, -0.1) is 0 Å². The maximum absolute atomic E-state index is 15.4. The van der Waals surface area contributed by atoms with Crippen molar-refractivity contribution in [3.05, 3.63) is 129 Å². The second-order valence-electron chi connectivity index (χ2n) is 13.9. The molecule has 0 spiro atoms. The molecule has 2 saturated heterocycles. The van der Waals surface area contributed by atoms with Gasteiger partial charge in [-0.3, -0.25) is 39.6 Å². The minimum absolute atomic E-state index is 0.0336. The van der Waals surface area contributed by atoms with Crippen LogP contribution >= 0.6 is 11.6 Å². The Balaban J connectivity index is 1.35. The largest absolute Gasteiger partial charge is 0.508 e. The first-order chi connectivity index (χ1) is 26.4. The molecule has 55 heavy (non-hydrogen) atoms. The fourth-order valence-electron chi connectivity index (χ4n) is 9.16. The molecule has 4 amide bonds. The lowest BCUT2D eigenvalue weighted by Gasteiger charge is -2.51. The Bertz CT molecular complexity index is 2290. The van der Waals surface area contributed by atoms with Crippen LogP contribution in [0.15, 0.2) is 96.6 Å². The Hall–Kier alpha value is -6.28. The van der Waals surface area contributed by atoms with E-state index in [1.807, 2.05) is 6.08 Å². The molecule has 13 nitrogen and oxygen atoms in total. The number of nitro groups is 1. The number of methoxy groups -OCH3 is 2. The summed E-state index contributed by atoms with van der Waals surface area (Å²) in [4.78, 5) is 70.7. The van der Waals surface area contributed by atoms with Gasteiger partial charge in [0.05, 0.1) is 53.7 Å². The lowest BCUT2D eigenvalue weighted by atomic mass is 9.49. The molecule has 2 aliphatic carbocycles. The maximum atomic E-state index is 15.4. The third kappa shape index (κ3) is 5.34. The average molecular weight is 767 g/mol. The topological polar surface area (TPSA) is 169 Å². The lowest BCUT2D eigenvalue weighted by molar-refractivity contribution is -0.384. The van der Waals surface area contributed by atoms with E-state index in [0.29, 0.717) is 21.7 Å². The molecule has 2 aliphatic heterocycles. The molecular formula is C40H32ClFN4O9. The number of aromatic hydroxyl groups is 1. The number of ether oxygens (including phenoxy) is 2. The summed E-state index contributed by atoms with van der Waals surface area (Å²) in [6, 6.07) is 19.6. The molecule has 0 radical (unpaired) electrons. The van der Waals surface area contributed by atoms with Crippen molar-refractivity contribution >= 4 is 52.3 Å². The summed E-state index contributed by atoms with van der Waals surface area (Å²) in [5, 5.41) is 23.4. The molecule has 15 heteroatoms. The standard InChI is InChI=1S/C40H32ClFN4O9/c1-54-31-17-26(47)18-32(55-2)34(31)35-27-15-16-28-33(38(50)44(36(28)48)24-11-13-25(14-12-24)46(52)53)29(27)19-30-37(49)45(43-23-9-7-22(42)8-10-23)39(51)40(30,35)20-3-5-21(41)6-4-20/h3-15,17-18,28-30,33,35,43,47H,16,19H2,1-2H3. The summed E-state index contributed by atoms with van der Waals surface area (Å²) in [6.07, 6.45) is 1.91. The number of amides is 4. The predicted molar refractivity (Wildman–Crippen MR) is 196 cm³/mol. The van der Waals surface area contributed by atoms with Crippen LogP contribution in [0.25, 0.3) is 0 Å². The molecule has 6 unspecified atom stereocenters. The fourth-order valence-corrected chi connectivity index (χ4v) is 9.28. The van der Waals surface area contributed by atoms with E-state index in [0.717, 1.165) is 9.91 Å². The maximum Gasteiger partial charge on any atom is 0.269 e. The highest BCUT2D eigenvalue weighted by molar-refractivity contribution is 6.30. The normalized spacial score (nSPS) is 25.6. The SMILES string of the molecule is COc1cc(O)cc(OC)c1C1C2=CCC3C(=O)N(c4ccc([N+](=O)[O-])cc4)C(=O)C3C2CC2C(=O)N(Nc3ccc(F)cc3)C(=O)C21c1ccc(Cl)cc1. The summed E-state index contributed by atoms with van der Waals surface area (Å²) < 4.78 is 25.6. The number of hydrogen-bond acceptors (Lipinski definition) is 10. The van der Waals surface area contributed by atoms with Crippen molar-refractivity contribution in [1.82, 2.24) is 5.01 Å². The summed E-state index contributed by atoms with van der Waals surface area (Å²) in [7, 11) is 2.78. The predicted octanol–water partition coefficient (Wildman–Crippen LogP) is 6.30. The van der Waals surface area contributed by atoms with Crippen LogP contribution in [0.3, 0.4) is 0 Å². The van der Waals surface area contributed by atoms with Gasteiger partial charge in [0.25, 0.3) is 17.5 Å². The second kappa shape index (κ2) is 13.2. The third-order valence-electron chi connectivity index (χ3n) is 11.4. The number of phenols is 1. The van der Waals surface area contributed by atoms with E-state index < -0.39 is 69.4 Å². The van der Waals surface area contributed by atoms with Crippen LogP contribution in [0.4, 0.5) is 21.5 Å². The molecule has 4 aromatic rings. The Labute approximate surface area is 318 Å². The van der Waals surface area contributed by atoms with E-state index >= 15 is 4.79 Å². The molecule has 2 N–H and O–H groups in total. The zero-order valence-electron chi connectivity index (χ0n) is 29.3. The zero-order valence-corrected chi connectivity index (χ0v) is 30.0. The fraction of sp³-hybridized carbons (Fsp3) is 0.250. The first kappa shape index (κ1) is 35.7. The molecule has 1 saturated carbocycles. The van der Waals surface area contributed by atoms with Gasteiger partial charge in [-0.2, -0.15) is 5.01 Å². The second-order valence-corrected chi connectivity index (χ2v) is 14.4. The summed E-state index contributed by atoms with van der Waals surface area (Å²) in [5.74, 6) is -7.53. The number of fused-ring (bicyclic) bond motifs is 4. The van der Waals surface area contributed by atoms with Gasteiger partial charge in [-0.1, -0.05) is 35.4 Å². The van der Waals surface area contributed by atoms with E-state index in [2.05, 4.69) is 5.43 Å². The molecule has 4 aromatic carbocycles. The zero-order chi connectivity index (χ0) is 38.9. The van der Waals surface area contributed by atoms with Gasteiger partial charge in [-0.05, 0) is 72.9 Å². The average Bonchev–Trinajstić information content (AvgIpc) is 3.56. The van der Waals surface area contributed by atoms with Crippen molar-refractivity contribution < 1.29 is 43.1 Å². The van der Waals surface area contributed by atoms with Gasteiger partial charge in [-0.25, -0.2) is 4.39 Å². The van der Waals surface area contributed by atoms with Crippen LogP contribution in [-0.2, 0) is 24.6 Å². The number of nitro benzene ring substituents is 1. The highest BCUT2D eigenvalue weighted by atomic mass is 35.5. The van der Waals surface area contributed by atoms with E-state index in [-0.39, 0.29) is 47.2 Å². The van der Waals surface area contributed by atoms with Gasteiger partial charge >= 0.3 is 0 Å². The van der Waals surface area contributed by atoms with E-state index in [1.165, 1.54) is 74.9 Å². The minimum Gasteiger partial charge on any atom is -0.508 e. The molecule has 4 aliphatic rings.